The highest BCUT2D eigenvalue weighted by atomic mass is 16.2. The lowest BCUT2D eigenvalue weighted by Gasteiger charge is -2.31. The van der Waals surface area contributed by atoms with E-state index in [2.05, 4.69) is 44.6 Å². The maximum Gasteiger partial charge on any atom is 0.276 e. The third kappa shape index (κ3) is 3.20. The number of aromatic nitrogens is 4. The number of rotatable bonds is 3. The molecule has 0 aliphatic heterocycles. The molecule has 3 aromatic rings. The molecular weight excluding hydrogens is 370 g/mol. The van der Waals surface area contributed by atoms with E-state index in [1.807, 2.05) is 0 Å². The number of benzene rings is 1. The number of anilines is 2. The SMILES string of the molecule is CNC(=O)c1ccc(NC(=O)c2n[nH]c3c2C(C)(C)Cc2cnc(N)nc2-3)cc1. The van der Waals surface area contributed by atoms with Gasteiger partial charge in [-0.05, 0) is 41.7 Å². The smallest absolute Gasteiger partial charge is 0.276 e. The molecule has 0 fully saturated rings. The van der Waals surface area contributed by atoms with E-state index in [4.69, 9.17) is 5.73 Å². The third-order valence-electron chi connectivity index (χ3n) is 5.04. The lowest BCUT2D eigenvalue weighted by molar-refractivity contribution is 0.0962. The van der Waals surface area contributed by atoms with Gasteiger partial charge in [0.15, 0.2) is 5.69 Å². The molecule has 2 aromatic heterocycles. The predicted molar refractivity (Wildman–Crippen MR) is 109 cm³/mol. The molecule has 2 amide bonds. The van der Waals surface area contributed by atoms with Crippen LogP contribution in [-0.4, -0.2) is 39.0 Å². The van der Waals surface area contributed by atoms with E-state index in [1.165, 1.54) is 0 Å². The fourth-order valence-electron chi connectivity index (χ4n) is 3.71. The molecule has 1 aliphatic carbocycles. The number of nitrogens with two attached hydrogens (primary N) is 1. The molecule has 0 saturated carbocycles. The van der Waals surface area contributed by atoms with E-state index < -0.39 is 0 Å². The van der Waals surface area contributed by atoms with Gasteiger partial charge in [-0.25, -0.2) is 9.97 Å². The van der Waals surface area contributed by atoms with Crippen molar-refractivity contribution in [2.45, 2.75) is 25.7 Å². The van der Waals surface area contributed by atoms with Crippen LogP contribution in [0.3, 0.4) is 0 Å². The minimum Gasteiger partial charge on any atom is -0.368 e. The Labute approximate surface area is 167 Å². The molecule has 9 heteroatoms. The van der Waals surface area contributed by atoms with Crippen LogP contribution < -0.4 is 16.4 Å². The Morgan fingerprint density at radius 1 is 1.17 bits per heavy atom. The molecule has 4 rings (SSSR count). The van der Waals surface area contributed by atoms with Crippen molar-refractivity contribution >= 4 is 23.5 Å². The van der Waals surface area contributed by atoms with Gasteiger partial charge in [0.05, 0.1) is 11.4 Å². The Balaban J connectivity index is 1.67. The Bertz CT molecular complexity index is 1120. The summed E-state index contributed by atoms with van der Waals surface area (Å²) in [5.74, 6) is -0.356. The number of hydrogen-bond donors (Lipinski definition) is 4. The zero-order valence-electron chi connectivity index (χ0n) is 16.3. The van der Waals surface area contributed by atoms with Crippen LogP contribution in [0.15, 0.2) is 30.5 Å². The first-order valence-electron chi connectivity index (χ1n) is 9.14. The molecule has 0 saturated heterocycles. The summed E-state index contributed by atoms with van der Waals surface area (Å²) in [6, 6.07) is 6.65. The molecule has 5 N–H and O–H groups in total. The Morgan fingerprint density at radius 2 is 1.90 bits per heavy atom. The molecule has 9 nitrogen and oxygen atoms in total. The second-order valence-electron chi connectivity index (χ2n) is 7.60. The maximum atomic E-state index is 13.0. The van der Waals surface area contributed by atoms with Gasteiger partial charge in [-0.1, -0.05) is 13.8 Å². The molecule has 0 bridgehead atoms. The Kier molecular flexibility index (Phi) is 4.30. The first-order chi connectivity index (χ1) is 13.8. The van der Waals surface area contributed by atoms with Crippen molar-refractivity contribution in [1.29, 1.82) is 0 Å². The lowest BCUT2D eigenvalue weighted by Crippen LogP contribution is -2.29. The van der Waals surface area contributed by atoms with E-state index in [1.54, 1.807) is 37.5 Å². The van der Waals surface area contributed by atoms with Gasteiger partial charge >= 0.3 is 0 Å². The highest BCUT2D eigenvalue weighted by molar-refractivity contribution is 6.05. The van der Waals surface area contributed by atoms with Crippen molar-refractivity contribution in [3.05, 3.63) is 52.8 Å². The van der Waals surface area contributed by atoms with E-state index in [0.717, 1.165) is 11.1 Å². The lowest BCUT2D eigenvalue weighted by atomic mass is 9.73. The van der Waals surface area contributed by atoms with Gasteiger partial charge in [-0.3, -0.25) is 14.7 Å². The van der Waals surface area contributed by atoms with Crippen molar-refractivity contribution in [1.82, 2.24) is 25.5 Å². The van der Waals surface area contributed by atoms with Crippen LogP contribution in [0.5, 0.6) is 0 Å². The average molecular weight is 391 g/mol. The number of nitrogens with zero attached hydrogens (tertiary/aromatic N) is 3. The van der Waals surface area contributed by atoms with Crippen molar-refractivity contribution < 1.29 is 9.59 Å². The number of carbonyl (C=O) groups excluding carboxylic acids is 2. The van der Waals surface area contributed by atoms with Gasteiger partial charge in [-0.15, -0.1) is 0 Å². The molecule has 29 heavy (non-hydrogen) atoms. The fourth-order valence-corrected chi connectivity index (χ4v) is 3.71. The summed E-state index contributed by atoms with van der Waals surface area (Å²) in [7, 11) is 1.57. The normalized spacial score (nSPS) is 13.9. The number of fused-ring (bicyclic) bond motifs is 3. The summed E-state index contributed by atoms with van der Waals surface area (Å²) in [4.78, 5) is 33.0. The highest BCUT2D eigenvalue weighted by Gasteiger charge is 2.38. The van der Waals surface area contributed by atoms with E-state index in [9.17, 15) is 9.59 Å². The van der Waals surface area contributed by atoms with Crippen molar-refractivity contribution in [3.63, 3.8) is 0 Å². The van der Waals surface area contributed by atoms with Crippen LogP contribution in [0.1, 0.15) is 45.8 Å². The molecule has 2 heterocycles. The van der Waals surface area contributed by atoms with E-state index >= 15 is 0 Å². The Morgan fingerprint density at radius 3 is 2.59 bits per heavy atom. The monoisotopic (exact) mass is 391 g/mol. The molecule has 1 aromatic carbocycles. The summed E-state index contributed by atoms with van der Waals surface area (Å²) >= 11 is 0. The van der Waals surface area contributed by atoms with Gasteiger partial charge in [0.1, 0.15) is 0 Å². The molecular formula is C20H21N7O2. The molecule has 0 atom stereocenters. The number of aromatic amines is 1. The van der Waals surface area contributed by atoms with Gasteiger partial charge in [0, 0.05) is 30.1 Å². The minimum absolute atomic E-state index is 0.172. The first kappa shape index (κ1) is 18.6. The number of nitrogens with one attached hydrogen (secondary N) is 3. The molecule has 0 spiro atoms. The highest BCUT2D eigenvalue weighted by Crippen LogP contribution is 2.42. The average Bonchev–Trinajstić information content (AvgIpc) is 3.15. The molecule has 148 valence electrons. The summed E-state index contributed by atoms with van der Waals surface area (Å²) in [6.45, 7) is 4.10. The van der Waals surface area contributed by atoms with Crippen LogP contribution in [0.25, 0.3) is 11.4 Å². The number of nitrogen functional groups attached to an aromatic ring is 1. The van der Waals surface area contributed by atoms with Crippen molar-refractivity contribution in [3.8, 4) is 11.4 Å². The van der Waals surface area contributed by atoms with E-state index in [-0.39, 0.29) is 23.2 Å². The second-order valence-corrected chi connectivity index (χ2v) is 7.60. The maximum absolute atomic E-state index is 13.0. The number of amides is 2. The van der Waals surface area contributed by atoms with Crippen LogP contribution in [0.4, 0.5) is 11.6 Å². The zero-order chi connectivity index (χ0) is 20.8. The van der Waals surface area contributed by atoms with Crippen LogP contribution in [0.2, 0.25) is 0 Å². The topological polar surface area (TPSA) is 139 Å². The second kappa shape index (κ2) is 6.69. The summed E-state index contributed by atoms with van der Waals surface area (Å²) in [5, 5.41) is 12.6. The number of hydrogen-bond acceptors (Lipinski definition) is 6. The Hall–Kier alpha value is -3.75. The van der Waals surface area contributed by atoms with Crippen molar-refractivity contribution in [2.24, 2.45) is 0 Å². The number of carbonyl (C=O) groups is 2. The van der Waals surface area contributed by atoms with Gasteiger partial charge in [0.2, 0.25) is 5.95 Å². The summed E-state index contributed by atoms with van der Waals surface area (Å²) in [5.41, 5.74) is 9.91. The standard InChI is InChI=1S/C20H21N7O2/c1-20(2)8-11-9-23-19(21)25-14(11)15-13(20)16(27-26-15)18(29)24-12-6-4-10(5-7-12)17(28)22-3/h4-7,9H,8H2,1-3H3,(H,22,28)(H,24,29)(H,26,27)(H2,21,23,25). The summed E-state index contributed by atoms with van der Waals surface area (Å²) < 4.78 is 0. The van der Waals surface area contributed by atoms with Crippen LogP contribution in [0, 0.1) is 0 Å². The first-order valence-corrected chi connectivity index (χ1v) is 9.14. The van der Waals surface area contributed by atoms with Crippen molar-refractivity contribution in [2.75, 3.05) is 18.1 Å². The quantitative estimate of drug-likeness (QED) is 0.538. The summed E-state index contributed by atoms with van der Waals surface area (Å²) in [6.07, 6.45) is 2.38. The third-order valence-corrected chi connectivity index (χ3v) is 5.04. The largest absolute Gasteiger partial charge is 0.368 e. The van der Waals surface area contributed by atoms with E-state index in [0.29, 0.717) is 34.8 Å². The minimum atomic E-state index is -0.343. The molecule has 0 radical (unpaired) electrons. The van der Waals surface area contributed by atoms with Crippen LogP contribution in [-0.2, 0) is 11.8 Å². The predicted octanol–water partition coefficient (Wildman–Crippen LogP) is 1.89. The van der Waals surface area contributed by atoms with Gasteiger partial charge < -0.3 is 16.4 Å². The number of H-pyrrole nitrogens is 1. The van der Waals surface area contributed by atoms with Gasteiger partial charge in [-0.2, -0.15) is 5.10 Å². The zero-order valence-corrected chi connectivity index (χ0v) is 16.3. The fraction of sp³-hybridized carbons (Fsp3) is 0.250. The molecule has 0 unspecified atom stereocenters. The van der Waals surface area contributed by atoms with Crippen LogP contribution >= 0.6 is 0 Å². The molecule has 1 aliphatic rings. The van der Waals surface area contributed by atoms with Gasteiger partial charge in [0.25, 0.3) is 11.8 Å².